The van der Waals surface area contributed by atoms with Crippen LogP contribution in [-0.2, 0) is 0 Å². The zero-order valence-corrected chi connectivity index (χ0v) is 10.9. The van der Waals surface area contributed by atoms with Gasteiger partial charge in [-0.15, -0.1) is 0 Å². The Morgan fingerprint density at radius 2 is 1.95 bits per heavy atom. The van der Waals surface area contributed by atoms with Crippen molar-refractivity contribution >= 4 is 29.0 Å². The number of rotatable bonds is 2. The quantitative estimate of drug-likeness (QED) is 0.878. The predicted octanol–water partition coefficient (Wildman–Crippen LogP) is 3.99. The smallest absolute Gasteiger partial charge is 0.308 e. The minimum absolute atomic E-state index is 0.0831. The molecule has 100 valence electrons. The average Bonchev–Trinajstić information content (AvgIpc) is 2.43. The fraction of sp³-hybridized carbons (Fsp3) is 0. The van der Waals surface area contributed by atoms with Gasteiger partial charge in [-0.05, 0) is 30.3 Å². The number of anilines is 2. The lowest BCUT2D eigenvalue weighted by molar-refractivity contribution is 0.262. The largest absolute Gasteiger partial charge is 0.323 e. The van der Waals surface area contributed by atoms with Crippen LogP contribution in [0.1, 0.15) is 5.56 Å². The van der Waals surface area contributed by atoms with Crippen molar-refractivity contribution < 1.29 is 9.18 Å². The molecule has 20 heavy (non-hydrogen) atoms. The molecule has 0 bridgehead atoms. The van der Waals surface area contributed by atoms with E-state index in [2.05, 4.69) is 10.6 Å². The fourth-order valence-electron chi connectivity index (χ4n) is 1.55. The summed E-state index contributed by atoms with van der Waals surface area (Å²) < 4.78 is 13.0. The number of amides is 2. The maximum absolute atomic E-state index is 13.0. The third-order valence-electron chi connectivity index (χ3n) is 2.47. The van der Waals surface area contributed by atoms with Crippen molar-refractivity contribution in [2.24, 2.45) is 0 Å². The molecule has 6 heteroatoms. The van der Waals surface area contributed by atoms with E-state index in [1.54, 1.807) is 24.3 Å². The number of carbonyl (C=O) groups is 1. The predicted molar refractivity (Wildman–Crippen MR) is 75.2 cm³/mol. The van der Waals surface area contributed by atoms with E-state index in [1.807, 2.05) is 6.07 Å². The van der Waals surface area contributed by atoms with Crippen molar-refractivity contribution in [1.29, 1.82) is 5.26 Å². The lowest BCUT2D eigenvalue weighted by Gasteiger charge is -2.09. The van der Waals surface area contributed by atoms with Gasteiger partial charge in [0, 0.05) is 5.69 Å². The lowest BCUT2D eigenvalue weighted by Crippen LogP contribution is -2.20. The summed E-state index contributed by atoms with van der Waals surface area (Å²) in [5.41, 5.74) is 1.09. The standard InChI is InChI=1S/C14H9ClFN3O/c15-11-7-10(5-6-12(11)16)18-14(20)19-13-4-2-1-3-9(13)8-17/h1-7H,(H2,18,19,20). The molecule has 0 unspecified atom stereocenters. The first kappa shape index (κ1) is 13.8. The molecule has 0 radical (unpaired) electrons. The summed E-state index contributed by atoms with van der Waals surface area (Å²) in [5, 5.41) is 13.9. The summed E-state index contributed by atoms with van der Waals surface area (Å²) in [7, 11) is 0. The molecule has 2 aromatic rings. The van der Waals surface area contributed by atoms with Gasteiger partial charge in [0.25, 0.3) is 0 Å². The molecule has 0 spiro atoms. The number of hydrogen-bond donors (Lipinski definition) is 2. The van der Waals surface area contributed by atoms with Gasteiger partial charge in [-0.3, -0.25) is 0 Å². The number of nitriles is 1. The molecule has 2 N–H and O–H groups in total. The van der Waals surface area contributed by atoms with Gasteiger partial charge in [-0.1, -0.05) is 23.7 Å². The van der Waals surface area contributed by atoms with Crippen molar-refractivity contribution in [1.82, 2.24) is 0 Å². The van der Waals surface area contributed by atoms with E-state index >= 15 is 0 Å². The highest BCUT2D eigenvalue weighted by Crippen LogP contribution is 2.20. The molecule has 0 saturated heterocycles. The molecule has 0 aromatic heterocycles. The van der Waals surface area contributed by atoms with Crippen LogP contribution in [0.2, 0.25) is 5.02 Å². The highest BCUT2D eigenvalue weighted by molar-refractivity contribution is 6.31. The fourth-order valence-corrected chi connectivity index (χ4v) is 1.73. The Morgan fingerprint density at radius 3 is 2.65 bits per heavy atom. The molecule has 2 amide bonds. The molecular formula is C14H9ClFN3O. The van der Waals surface area contributed by atoms with Gasteiger partial charge in [-0.25, -0.2) is 9.18 Å². The van der Waals surface area contributed by atoms with Crippen molar-refractivity contribution in [2.75, 3.05) is 10.6 Å². The van der Waals surface area contributed by atoms with Gasteiger partial charge in [0.1, 0.15) is 11.9 Å². The van der Waals surface area contributed by atoms with Crippen LogP contribution in [0.4, 0.5) is 20.6 Å². The second-order valence-electron chi connectivity index (χ2n) is 3.87. The maximum Gasteiger partial charge on any atom is 0.323 e. The highest BCUT2D eigenvalue weighted by atomic mass is 35.5. The van der Waals surface area contributed by atoms with Crippen molar-refractivity contribution in [3.63, 3.8) is 0 Å². The Balaban J connectivity index is 2.09. The second kappa shape index (κ2) is 6.04. The Kier molecular flexibility index (Phi) is 4.18. The van der Waals surface area contributed by atoms with Crippen molar-refractivity contribution in [3.8, 4) is 6.07 Å². The summed E-state index contributed by atoms with van der Waals surface area (Å²) in [5.74, 6) is -0.563. The van der Waals surface area contributed by atoms with E-state index in [1.165, 1.54) is 12.1 Å². The number of urea groups is 1. The Hall–Kier alpha value is -2.58. The monoisotopic (exact) mass is 289 g/mol. The maximum atomic E-state index is 13.0. The molecular weight excluding hydrogens is 281 g/mol. The van der Waals surface area contributed by atoms with Crippen LogP contribution in [0.15, 0.2) is 42.5 Å². The molecule has 2 rings (SSSR count). The number of nitrogens with one attached hydrogen (secondary N) is 2. The number of benzene rings is 2. The number of carbonyl (C=O) groups excluding carboxylic acids is 1. The van der Waals surface area contributed by atoms with E-state index in [9.17, 15) is 9.18 Å². The number of halogens is 2. The number of nitrogens with zero attached hydrogens (tertiary/aromatic N) is 1. The Labute approximate surface area is 119 Å². The molecule has 0 heterocycles. The van der Waals surface area contributed by atoms with Gasteiger partial charge in [0.2, 0.25) is 0 Å². The number of hydrogen-bond acceptors (Lipinski definition) is 2. The third kappa shape index (κ3) is 3.25. The first-order chi connectivity index (χ1) is 9.60. The van der Waals surface area contributed by atoms with Crippen LogP contribution < -0.4 is 10.6 Å². The molecule has 0 aliphatic rings. The molecule has 0 aliphatic carbocycles. The van der Waals surface area contributed by atoms with Gasteiger partial charge in [-0.2, -0.15) is 5.26 Å². The highest BCUT2D eigenvalue weighted by Gasteiger charge is 2.07. The van der Waals surface area contributed by atoms with E-state index in [0.29, 0.717) is 16.9 Å². The van der Waals surface area contributed by atoms with E-state index in [-0.39, 0.29) is 5.02 Å². The van der Waals surface area contributed by atoms with Crippen LogP contribution in [0.5, 0.6) is 0 Å². The normalized spacial score (nSPS) is 9.65. The summed E-state index contributed by atoms with van der Waals surface area (Å²) in [6.45, 7) is 0. The summed E-state index contributed by atoms with van der Waals surface area (Å²) in [4.78, 5) is 11.8. The third-order valence-corrected chi connectivity index (χ3v) is 2.76. The van der Waals surface area contributed by atoms with Crippen LogP contribution in [0.25, 0.3) is 0 Å². The Morgan fingerprint density at radius 1 is 1.20 bits per heavy atom. The van der Waals surface area contributed by atoms with E-state index in [4.69, 9.17) is 16.9 Å². The van der Waals surface area contributed by atoms with Crippen LogP contribution in [-0.4, -0.2) is 6.03 Å². The van der Waals surface area contributed by atoms with Gasteiger partial charge >= 0.3 is 6.03 Å². The summed E-state index contributed by atoms with van der Waals surface area (Å²) in [6, 6.07) is 11.9. The van der Waals surface area contributed by atoms with Gasteiger partial charge in [0.05, 0.1) is 16.3 Å². The SMILES string of the molecule is N#Cc1ccccc1NC(=O)Nc1ccc(F)c(Cl)c1. The molecule has 0 aliphatic heterocycles. The van der Waals surface area contributed by atoms with E-state index in [0.717, 1.165) is 6.07 Å². The molecule has 0 atom stereocenters. The molecule has 0 fully saturated rings. The first-order valence-corrected chi connectivity index (χ1v) is 6.00. The van der Waals surface area contributed by atoms with Crippen LogP contribution in [0.3, 0.4) is 0 Å². The zero-order valence-electron chi connectivity index (χ0n) is 10.2. The van der Waals surface area contributed by atoms with Gasteiger partial charge in [0.15, 0.2) is 0 Å². The number of para-hydroxylation sites is 1. The summed E-state index contributed by atoms with van der Waals surface area (Å²) >= 11 is 5.62. The minimum Gasteiger partial charge on any atom is -0.308 e. The zero-order chi connectivity index (χ0) is 14.5. The molecule has 0 saturated carbocycles. The second-order valence-corrected chi connectivity index (χ2v) is 4.27. The van der Waals surface area contributed by atoms with E-state index < -0.39 is 11.8 Å². The van der Waals surface area contributed by atoms with Crippen LogP contribution in [0, 0.1) is 17.1 Å². The Bertz CT molecular complexity index is 697. The molecule has 2 aromatic carbocycles. The summed E-state index contributed by atoms with van der Waals surface area (Å²) in [6.07, 6.45) is 0. The lowest BCUT2D eigenvalue weighted by atomic mass is 10.2. The van der Waals surface area contributed by atoms with Crippen molar-refractivity contribution in [2.45, 2.75) is 0 Å². The van der Waals surface area contributed by atoms with Gasteiger partial charge < -0.3 is 10.6 Å². The first-order valence-electron chi connectivity index (χ1n) is 5.62. The average molecular weight is 290 g/mol. The minimum atomic E-state index is -0.563. The van der Waals surface area contributed by atoms with Crippen molar-refractivity contribution in [3.05, 3.63) is 58.9 Å². The topological polar surface area (TPSA) is 64.9 Å². The van der Waals surface area contributed by atoms with Crippen LogP contribution >= 0.6 is 11.6 Å². The molecule has 4 nitrogen and oxygen atoms in total.